The third-order valence-electron chi connectivity index (χ3n) is 9.94. The van der Waals surface area contributed by atoms with Crippen molar-refractivity contribution in [2.45, 2.75) is 95.9 Å². The maximum absolute atomic E-state index is 13.9. The lowest BCUT2D eigenvalue weighted by Crippen LogP contribution is -2.75. The lowest BCUT2D eigenvalue weighted by atomic mass is 9.78. The molecular weight excluding hydrogens is 572 g/mol. The second kappa shape index (κ2) is 14.1. The van der Waals surface area contributed by atoms with Crippen LogP contribution in [0.2, 0.25) is 0 Å². The van der Waals surface area contributed by atoms with E-state index in [-0.39, 0.29) is 29.2 Å². The quantitative estimate of drug-likeness (QED) is 0.358. The summed E-state index contributed by atoms with van der Waals surface area (Å²) in [5.41, 5.74) is 1.58. The number of aliphatic hydroxyl groups is 1. The van der Waals surface area contributed by atoms with Crippen molar-refractivity contribution in [1.82, 2.24) is 15.1 Å². The van der Waals surface area contributed by atoms with Crippen molar-refractivity contribution >= 4 is 35.1 Å². The average molecular weight is 619 g/mol. The summed E-state index contributed by atoms with van der Waals surface area (Å²) in [6, 6.07) is 13.0. The fourth-order valence-electron chi connectivity index (χ4n) is 7.31. The molecule has 2 atom stereocenters. The third-order valence-corrected chi connectivity index (χ3v) is 9.94. The van der Waals surface area contributed by atoms with E-state index in [2.05, 4.69) is 17.1 Å². The number of nitrogens with one attached hydrogen (secondary N) is 1. The highest BCUT2D eigenvalue weighted by Gasteiger charge is 2.55. The van der Waals surface area contributed by atoms with Gasteiger partial charge in [-0.05, 0) is 80.0 Å². The summed E-state index contributed by atoms with van der Waals surface area (Å²) in [7, 11) is 0. The first-order valence-electron chi connectivity index (χ1n) is 16.4. The van der Waals surface area contributed by atoms with Crippen molar-refractivity contribution in [1.29, 1.82) is 0 Å². The molecule has 0 radical (unpaired) electrons. The van der Waals surface area contributed by atoms with Crippen molar-refractivity contribution in [3.05, 3.63) is 59.7 Å². The number of amides is 3. The Labute approximate surface area is 265 Å². The monoisotopic (exact) mass is 618 g/mol. The van der Waals surface area contributed by atoms with Crippen LogP contribution in [0.25, 0.3) is 0 Å². The molecule has 3 N–H and O–H groups in total. The van der Waals surface area contributed by atoms with Crippen molar-refractivity contribution in [3.8, 4) is 0 Å². The molecule has 0 unspecified atom stereocenters. The van der Waals surface area contributed by atoms with Crippen molar-refractivity contribution in [2.24, 2.45) is 5.92 Å². The molecule has 242 valence electrons. The van der Waals surface area contributed by atoms with E-state index in [0.29, 0.717) is 50.4 Å². The SMILES string of the molecule is CCCCN1C(=O)[C@@H]([C@H](O)C2CCCCC2)NC(=O)C12CCN(Cc1ccc(N(C(C)=O)c3ccc(C(=O)O)cc3)cc1)CC2. The summed E-state index contributed by atoms with van der Waals surface area (Å²) in [5.74, 6) is -1.44. The number of carboxylic acid groups (broad SMARTS) is 1. The van der Waals surface area contributed by atoms with Crippen molar-refractivity contribution in [3.63, 3.8) is 0 Å². The standard InChI is InChI=1S/C35H46N4O6/c1-3-4-20-38-32(42)30(31(41)26-8-6-5-7-9-26)36-34(45)35(38)18-21-37(22-19-35)23-25-10-14-28(15-11-25)39(24(2)40)29-16-12-27(13-17-29)33(43)44/h10-17,26,30-31,41H,3-9,18-23H2,1-2H3,(H,36,45)(H,43,44)/t30-,31-/m1/s1. The minimum atomic E-state index is -1.02. The summed E-state index contributed by atoms with van der Waals surface area (Å²) in [6.45, 7) is 6.03. The van der Waals surface area contributed by atoms with Gasteiger partial charge in [-0.3, -0.25) is 24.2 Å². The fourth-order valence-corrected chi connectivity index (χ4v) is 7.31. The summed E-state index contributed by atoms with van der Waals surface area (Å²) in [5, 5.41) is 23.4. The predicted octanol–water partition coefficient (Wildman–Crippen LogP) is 4.47. The normalized spacial score (nSPS) is 21.4. The molecule has 0 bridgehead atoms. The van der Waals surface area contributed by atoms with Crippen LogP contribution in [-0.4, -0.2) is 81.0 Å². The van der Waals surface area contributed by atoms with E-state index in [1.165, 1.54) is 19.1 Å². The van der Waals surface area contributed by atoms with Gasteiger partial charge < -0.3 is 20.4 Å². The second-order valence-electron chi connectivity index (χ2n) is 12.9. The number of piperazine rings is 1. The number of carbonyl (C=O) groups is 4. The molecular formula is C35H46N4O6. The molecule has 10 nitrogen and oxygen atoms in total. The molecule has 45 heavy (non-hydrogen) atoms. The number of benzene rings is 2. The van der Waals surface area contributed by atoms with Gasteiger partial charge in [-0.1, -0.05) is 44.7 Å². The Hall–Kier alpha value is -3.76. The van der Waals surface area contributed by atoms with Crippen molar-refractivity contribution < 1.29 is 29.4 Å². The van der Waals surface area contributed by atoms with E-state index >= 15 is 0 Å². The highest BCUT2D eigenvalue weighted by atomic mass is 16.4. The van der Waals surface area contributed by atoms with E-state index in [0.717, 1.165) is 50.5 Å². The molecule has 2 saturated heterocycles. The van der Waals surface area contributed by atoms with Crippen LogP contribution in [0.4, 0.5) is 11.4 Å². The van der Waals surface area contributed by atoms with Gasteiger partial charge >= 0.3 is 5.97 Å². The number of rotatable bonds is 10. The highest BCUT2D eigenvalue weighted by Crippen LogP contribution is 2.37. The minimum Gasteiger partial charge on any atom is -0.478 e. The zero-order valence-corrected chi connectivity index (χ0v) is 26.4. The molecule has 1 aliphatic carbocycles. The fraction of sp³-hybridized carbons (Fsp3) is 0.543. The smallest absolute Gasteiger partial charge is 0.335 e. The first kappa shape index (κ1) is 32.6. The Morgan fingerprint density at radius 2 is 1.58 bits per heavy atom. The van der Waals surface area contributed by atoms with Gasteiger partial charge in [0.25, 0.3) is 0 Å². The van der Waals surface area contributed by atoms with Crippen LogP contribution in [0.3, 0.4) is 0 Å². The maximum atomic E-state index is 13.9. The predicted molar refractivity (Wildman–Crippen MR) is 171 cm³/mol. The van der Waals surface area contributed by atoms with Gasteiger partial charge in [0.2, 0.25) is 17.7 Å². The number of unbranched alkanes of at least 4 members (excludes halogenated alkanes) is 1. The largest absolute Gasteiger partial charge is 0.478 e. The molecule has 3 aliphatic rings. The third kappa shape index (κ3) is 6.92. The van der Waals surface area contributed by atoms with E-state index in [4.69, 9.17) is 0 Å². The number of anilines is 2. The van der Waals surface area contributed by atoms with Gasteiger partial charge in [-0.2, -0.15) is 0 Å². The molecule has 1 spiro atoms. The number of piperidine rings is 1. The molecule has 10 heteroatoms. The summed E-state index contributed by atoms with van der Waals surface area (Å²) < 4.78 is 0. The second-order valence-corrected chi connectivity index (χ2v) is 12.9. The van der Waals surface area contributed by atoms with Crippen LogP contribution in [0.5, 0.6) is 0 Å². The summed E-state index contributed by atoms with van der Waals surface area (Å²) in [4.78, 5) is 57.0. The van der Waals surface area contributed by atoms with E-state index in [9.17, 15) is 29.4 Å². The van der Waals surface area contributed by atoms with Crippen LogP contribution < -0.4 is 10.2 Å². The number of hydrogen-bond donors (Lipinski definition) is 3. The first-order valence-corrected chi connectivity index (χ1v) is 16.4. The van der Waals surface area contributed by atoms with Gasteiger partial charge in [-0.15, -0.1) is 0 Å². The topological polar surface area (TPSA) is 130 Å². The molecule has 1 saturated carbocycles. The lowest BCUT2D eigenvalue weighted by Gasteiger charge is -2.52. The van der Waals surface area contributed by atoms with Crippen LogP contribution in [0, 0.1) is 5.92 Å². The Morgan fingerprint density at radius 3 is 2.13 bits per heavy atom. The number of carboxylic acids is 1. The van der Waals surface area contributed by atoms with Crippen LogP contribution in [0.15, 0.2) is 48.5 Å². The zero-order valence-electron chi connectivity index (χ0n) is 26.4. The zero-order chi connectivity index (χ0) is 32.1. The maximum Gasteiger partial charge on any atom is 0.335 e. The van der Waals surface area contributed by atoms with E-state index < -0.39 is 23.7 Å². The summed E-state index contributed by atoms with van der Waals surface area (Å²) in [6.07, 6.45) is 6.97. The number of likely N-dealkylation sites (tertiary alicyclic amines) is 1. The van der Waals surface area contributed by atoms with Crippen molar-refractivity contribution in [2.75, 3.05) is 24.5 Å². The molecule has 3 fully saturated rings. The van der Waals surface area contributed by atoms with E-state index in [1.54, 1.807) is 21.9 Å². The Morgan fingerprint density at radius 1 is 0.978 bits per heavy atom. The lowest BCUT2D eigenvalue weighted by molar-refractivity contribution is -0.166. The Balaban J connectivity index is 1.24. The Kier molecular flexibility index (Phi) is 10.2. The van der Waals surface area contributed by atoms with Gasteiger partial charge in [0.05, 0.1) is 11.7 Å². The summed E-state index contributed by atoms with van der Waals surface area (Å²) >= 11 is 0. The minimum absolute atomic E-state index is 0.0447. The Bertz CT molecular complexity index is 1360. The van der Waals surface area contributed by atoms with Crippen LogP contribution >= 0.6 is 0 Å². The van der Waals surface area contributed by atoms with Crippen LogP contribution in [-0.2, 0) is 20.9 Å². The van der Waals surface area contributed by atoms with Gasteiger partial charge in [0, 0.05) is 44.5 Å². The van der Waals surface area contributed by atoms with Gasteiger partial charge in [-0.25, -0.2) is 4.79 Å². The van der Waals surface area contributed by atoms with Crippen LogP contribution in [0.1, 0.15) is 87.6 Å². The molecule has 0 aromatic heterocycles. The number of aliphatic hydroxyl groups excluding tert-OH is 1. The molecule has 2 heterocycles. The van der Waals surface area contributed by atoms with E-state index in [1.807, 2.05) is 24.3 Å². The molecule has 2 aromatic carbocycles. The number of carbonyl (C=O) groups excluding carboxylic acids is 3. The number of hydrogen-bond acceptors (Lipinski definition) is 6. The molecule has 2 aromatic rings. The molecule has 3 amide bonds. The van der Waals surface area contributed by atoms with Gasteiger partial charge in [0.1, 0.15) is 11.6 Å². The molecule has 2 aliphatic heterocycles. The number of nitrogens with zero attached hydrogens (tertiary/aromatic N) is 3. The highest BCUT2D eigenvalue weighted by molar-refractivity contribution is 6.01. The van der Waals surface area contributed by atoms with Gasteiger partial charge in [0.15, 0.2) is 0 Å². The average Bonchev–Trinajstić information content (AvgIpc) is 3.05. The molecule has 5 rings (SSSR count). The first-order chi connectivity index (χ1) is 21.6. The number of aromatic carboxylic acids is 1.